The molecular formula is C31H34FN5O. The van der Waals surface area contributed by atoms with Crippen molar-refractivity contribution in [1.82, 2.24) is 14.9 Å². The number of fused-ring (bicyclic) bond motifs is 1. The van der Waals surface area contributed by atoms with Crippen molar-refractivity contribution in [2.24, 2.45) is 5.92 Å². The first-order valence-corrected chi connectivity index (χ1v) is 13.3. The molecule has 0 radical (unpaired) electrons. The van der Waals surface area contributed by atoms with E-state index in [2.05, 4.69) is 24.8 Å². The molecule has 38 heavy (non-hydrogen) atoms. The zero-order valence-corrected chi connectivity index (χ0v) is 22.1. The fourth-order valence-electron chi connectivity index (χ4n) is 5.04. The standard InChI is InChI=1S/C31H34FN5O/c1-23(2)22-37(17-16-29(38)36-20-18-35(19-21-36)28-15-9-7-13-26(28)32)31-25-12-6-8-14-27(25)33-30(34-31)24-10-4-3-5-11-24/h3-15,23H,16-22H2,1-2H3. The molecule has 3 aromatic carbocycles. The molecule has 1 saturated heterocycles. The van der Waals surface area contributed by atoms with Gasteiger partial charge in [0.25, 0.3) is 0 Å². The molecule has 0 bridgehead atoms. The summed E-state index contributed by atoms with van der Waals surface area (Å²) in [6, 6.07) is 24.9. The van der Waals surface area contributed by atoms with Gasteiger partial charge in [0, 0.05) is 56.6 Å². The fraction of sp³-hybridized carbons (Fsp3) is 0.323. The van der Waals surface area contributed by atoms with Crippen LogP contribution in [0.4, 0.5) is 15.9 Å². The third-order valence-corrected chi connectivity index (χ3v) is 6.92. The van der Waals surface area contributed by atoms with Crippen LogP contribution in [0.5, 0.6) is 0 Å². The van der Waals surface area contributed by atoms with Crippen molar-refractivity contribution in [3.05, 3.63) is 84.7 Å². The third-order valence-electron chi connectivity index (χ3n) is 6.92. The molecule has 1 aliphatic heterocycles. The maximum atomic E-state index is 14.2. The predicted octanol–water partition coefficient (Wildman–Crippen LogP) is 5.64. The molecular weight excluding hydrogens is 477 g/mol. The molecule has 1 amide bonds. The molecule has 6 nitrogen and oxygen atoms in total. The van der Waals surface area contributed by atoms with Crippen LogP contribution in [0.1, 0.15) is 20.3 Å². The Labute approximate surface area is 223 Å². The largest absolute Gasteiger partial charge is 0.366 e. The highest BCUT2D eigenvalue weighted by Crippen LogP contribution is 2.28. The maximum Gasteiger partial charge on any atom is 0.224 e. The van der Waals surface area contributed by atoms with E-state index in [1.165, 1.54) is 6.07 Å². The van der Waals surface area contributed by atoms with Gasteiger partial charge in [-0.25, -0.2) is 14.4 Å². The van der Waals surface area contributed by atoms with Crippen LogP contribution in [0.3, 0.4) is 0 Å². The first kappa shape index (κ1) is 25.6. The molecule has 2 heterocycles. The maximum absolute atomic E-state index is 14.2. The summed E-state index contributed by atoms with van der Waals surface area (Å²) in [6.45, 7) is 8.14. The number of carbonyl (C=O) groups excluding carboxylic acids is 1. The molecule has 0 saturated carbocycles. The molecule has 0 unspecified atom stereocenters. The molecule has 0 atom stereocenters. The van der Waals surface area contributed by atoms with Gasteiger partial charge in [-0.05, 0) is 30.2 Å². The molecule has 1 aromatic heterocycles. The Morgan fingerprint density at radius 1 is 0.895 bits per heavy atom. The van der Waals surface area contributed by atoms with Crippen LogP contribution in [-0.4, -0.2) is 60.0 Å². The number of hydrogen-bond acceptors (Lipinski definition) is 5. The predicted molar refractivity (Wildman–Crippen MR) is 152 cm³/mol. The van der Waals surface area contributed by atoms with Crippen LogP contribution in [0, 0.1) is 11.7 Å². The van der Waals surface area contributed by atoms with Gasteiger partial charge in [0.05, 0.1) is 11.2 Å². The summed E-state index contributed by atoms with van der Waals surface area (Å²) in [6.07, 6.45) is 0.394. The van der Waals surface area contributed by atoms with Crippen molar-refractivity contribution < 1.29 is 9.18 Å². The summed E-state index contributed by atoms with van der Waals surface area (Å²) < 4.78 is 14.2. The van der Waals surface area contributed by atoms with Crippen molar-refractivity contribution in [3.8, 4) is 11.4 Å². The van der Waals surface area contributed by atoms with Crippen molar-refractivity contribution in [3.63, 3.8) is 0 Å². The number of carbonyl (C=O) groups is 1. The summed E-state index contributed by atoms with van der Waals surface area (Å²) >= 11 is 0. The summed E-state index contributed by atoms with van der Waals surface area (Å²) in [7, 11) is 0. The van der Waals surface area contributed by atoms with E-state index in [-0.39, 0.29) is 11.7 Å². The van der Waals surface area contributed by atoms with E-state index >= 15 is 0 Å². The first-order valence-electron chi connectivity index (χ1n) is 13.3. The fourth-order valence-corrected chi connectivity index (χ4v) is 5.04. The summed E-state index contributed by atoms with van der Waals surface area (Å²) in [5.41, 5.74) is 2.46. The molecule has 0 aliphatic carbocycles. The van der Waals surface area contributed by atoms with Gasteiger partial charge in [0.1, 0.15) is 11.6 Å². The van der Waals surface area contributed by atoms with Gasteiger partial charge in [-0.1, -0.05) is 68.4 Å². The van der Waals surface area contributed by atoms with Crippen molar-refractivity contribution >= 4 is 28.3 Å². The van der Waals surface area contributed by atoms with Gasteiger partial charge < -0.3 is 14.7 Å². The highest BCUT2D eigenvalue weighted by Gasteiger charge is 2.24. The molecule has 0 spiro atoms. The molecule has 7 heteroatoms. The normalized spacial score (nSPS) is 13.8. The second-order valence-electron chi connectivity index (χ2n) is 10.2. The Morgan fingerprint density at radius 2 is 1.58 bits per heavy atom. The van der Waals surface area contributed by atoms with E-state index in [9.17, 15) is 9.18 Å². The second kappa shape index (κ2) is 11.6. The number of aromatic nitrogens is 2. The number of para-hydroxylation sites is 2. The van der Waals surface area contributed by atoms with Crippen LogP contribution >= 0.6 is 0 Å². The lowest BCUT2D eigenvalue weighted by atomic mass is 10.1. The van der Waals surface area contributed by atoms with Gasteiger partial charge in [0.15, 0.2) is 5.82 Å². The number of piperazine rings is 1. The first-order chi connectivity index (χ1) is 18.5. The molecule has 0 N–H and O–H groups in total. The lowest BCUT2D eigenvalue weighted by molar-refractivity contribution is -0.131. The highest BCUT2D eigenvalue weighted by molar-refractivity contribution is 5.91. The van der Waals surface area contributed by atoms with Crippen molar-refractivity contribution in [2.45, 2.75) is 20.3 Å². The zero-order valence-electron chi connectivity index (χ0n) is 22.1. The van der Waals surface area contributed by atoms with Crippen LogP contribution in [0.15, 0.2) is 78.9 Å². The number of anilines is 2. The van der Waals surface area contributed by atoms with Crippen molar-refractivity contribution in [1.29, 1.82) is 0 Å². The van der Waals surface area contributed by atoms with Gasteiger partial charge in [0.2, 0.25) is 5.91 Å². The number of rotatable bonds is 8. The molecule has 5 rings (SSSR count). The average molecular weight is 512 g/mol. The summed E-state index contributed by atoms with van der Waals surface area (Å²) in [4.78, 5) is 29.2. The Balaban J connectivity index is 1.33. The minimum Gasteiger partial charge on any atom is -0.366 e. The van der Waals surface area contributed by atoms with Crippen LogP contribution in [0.2, 0.25) is 0 Å². The van der Waals surface area contributed by atoms with Gasteiger partial charge in [-0.2, -0.15) is 0 Å². The number of amides is 1. The molecule has 4 aromatic rings. The van der Waals surface area contributed by atoms with Crippen molar-refractivity contribution in [2.75, 3.05) is 49.1 Å². The number of halogens is 1. The van der Waals surface area contributed by atoms with E-state index in [0.717, 1.165) is 28.8 Å². The minimum absolute atomic E-state index is 0.119. The zero-order chi connectivity index (χ0) is 26.5. The lowest BCUT2D eigenvalue weighted by Crippen LogP contribution is -2.49. The smallest absolute Gasteiger partial charge is 0.224 e. The Hall–Kier alpha value is -4.00. The van der Waals surface area contributed by atoms with E-state index in [1.807, 2.05) is 64.4 Å². The number of hydrogen-bond donors (Lipinski definition) is 0. The van der Waals surface area contributed by atoms with Crippen LogP contribution in [0.25, 0.3) is 22.3 Å². The van der Waals surface area contributed by atoms with Gasteiger partial charge in [-0.3, -0.25) is 4.79 Å². The minimum atomic E-state index is -0.219. The SMILES string of the molecule is CC(C)CN(CCC(=O)N1CCN(c2ccccc2F)CC1)c1nc(-c2ccccc2)nc2ccccc12. The quantitative estimate of drug-likeness (QED) is 0.307. The van der Waals surface area contributed by atoms with Crippen LogP contribution < -0.4 is 9.80 Å². The number of nitrogens with zero attached hydrogens (tertiary/aromatic N) is 5. The molecule has 1 aliphatic rings. The number of benzene rings is 3. The third kappa shape index (κ3) is 5.77. The second-order valence-corrected chi connectivity index (χ2v) is 10.2. The summed E-state index contributed by atoms with van der Waals surface area (Å²) in [5.74, 6) is 1.84. The van der Waals surface area contributed by atoms with Gasteiger partial charge >= 0.3 is 0 Å². The topological polar surface area (TPSA) is 52.6 Å². The lowest BCUT2D eigenvalue weighted by Gasteiger charge is -2.36. The van der Waals surface area contributed by atoms with E-state index in [4.69, 9.17) is 9.97 Å². The molecule has 1 fully saturated rings. The van der Waals surface area contributed by atoms with E-state index in [1.54, 1.807) is 12.1 Å². The average Bonchev–Trinajstić information content (AvgIpc) is 2.95. The van der Waals surface area contributed by atoms with E-state index < -0.39 is 0 Å². The Bertz CT molecular complexity index is 1390. The Kier molecular flexibility index (Phi) is 7.82. The summed E-state index contributed by atoms with van der Waals surface area (Å²) in [5, 5.41) is 0.985. The molecule has 196 valence electrons. The monoisotopic (exact) mass is 511 g/mol. The highest BCUT2D eigenvalue weighted by atomic mass is 19.1. The van der Waals surface area contributed by atoms with Gasteiger partial charge in [-0.15, -0.1) is 0 Å². The Morgan fingerprint density at radius 3 is 2.32 bits per heavy atom. The van der Waals surface area contributed by atoms with Crippen LogP contribution in [-0.2, 0) is 4.79 Å². The van der Waals surface area contributed by atoms with E-state index in [0.29, 0.717) is 56.6 Å².